The van der Waals surface area contributed by atoms with Gasteiger partial charge in [0, 0.05) is 6.04 Å². The highest BCUT2D eigenvalue weighted by Crippen LogP contribution is 2.18. The van der Waals surface area contributed by atoms with Crippen LogP contribution in [0.1, 0.15) is 26.2 Å². The van der Waals surface area contributed by atoms with E-state index in [0.29, 0.717) is 6.04 Å². The van der Waals surface area contributed by atoms with Crippen molar-refractivity contribution in [2.24, 2.45) is 0 Å². The summed E-state index contributed by atoms with van der Waals surface area (Å²) in [4.78, 5) is 10.3. The Balaban J connectivity index is 2.16. The Morgan fingerprint density at radius 2 is 2.30 bits per heavy atom. The van der Waals surface area contributed by atoms with Crippen molar-refractivity contribution in [3.05, 3.63) is 0 Å². The fourth-order valence-corrected chi connectivity index (χ4v) is 1.000. The molecule has 1 atom stereocenters. The molecule has 2 N–H and O–H groups in total. The summed E-state index contributed by atoms with van der Waals surface area (Å²) in [6, 6.07) is 0.0800. The summed E-state index contributed by atoms with van der Waals surface area (Å²) in [7, 11) is 0. The number of carbonyl (C=O) groups is 1. The highest BCUT2D eigenvalue weighted by Gasteiger charge is 2.21. The lowest BCUT2D eigenvalue weighted by Crippen LogP contribution is -2.44. The molecule has 0 aromatic rings. The van der Waals surface area contributed by atoms with Crippen molar-refractivity contribution in [3.8, 4) is 0 Å². The first-order valence-corrected chi connectivity index (χ1v) is 3.69. The quantitative estimate of drug-likeness (QED) is 0.608. The van der Waals surface area contributed by atoms with Crippen LogP contribution in [0.15, 0.2) is 0 Å². The smallest absolute Gasteiger partial charge is 0.320 e. The van der Waals surface area contributed by atoms with Crippen LogP contribution in [0.5, 0.6) is 0 Å². The van der Waals surface area contributed by atoms with E-state index >= 15 is 0 Å². The first kappa shape index (κ1) is 7.54. The number of rotatable bonds is 3. The summed E-state index contributed by atoms with van der Waals surface area (Å²) >= 11 is 0. The van der Waals surface area contributed by atoms with E-state index in [1.807, 2.05) is 0 Å². The van der Waals surface area contributed by atoms with Gasteiger partial charge in [0.2, 0.25) is 0 Å². The molecule has 0 radical (unpaired) electrons. The molecule has 1 fully saturated rings. The van der Waals surface area contributed by atoms with E-state index in [0.717, 1.165) is 12.8 Å². The van der Waals surface area contributed by atoms with E-state index in [1.54, 1.807) is 6.92 Å². The van der Waals surface area contributed by atoms with Gasteiger partial charge in [-0.3, -0.25) is 4.79 Å². The average molecular weight is 143 g/mol. The summed E-state index contributed by atoms with van der Waals surface area (Å²) < 4.78 is 0. The van der Waals surface area contributed by atoms with Gasteiger partial charge in [-0.1, -0.05) is 6.42 Å². The molecule has 0 amide bonds. The van der Waals surface area contributed by atoms with Crippen LogP contribution in [-0.2, 0) is 4.79 Å². The highest BCUT2D eigenvalue weighted by molar-refractivity contribution is 5.72. The maximum atomic E-state index is 10.3. The Labute approximate surface area is 60.4 Å². The largest absolute Gasteiger partial charge is 0.480 e. The summed E-state index contributed by atoms with van der Waals surface area (Å²) in [5, 5.41) is 11.5. The number of carboxylic acid groups (broad SMARTS) is 1. The van der Waals surface area contributed by atoms with Crippen molar-refractivity contribution in [1.29, 1.82) is 0 Å². The van der Waals surface area contributed by atoms with Crippen LogP contribution in [0, 0.1) is 0 Å². The van der Waals surface area contributed by atoms with Gasteiger partial charge in [0.05, 0.1) is 0 Å². The average Bonchev–Trinajstić information content (AvgIpc) is 1.77. The molecule has 3 heteroatoms. The van der Waals surface area contributed by atoms with Crippen molar-refractivity contribution >= 4 is 5.97 Å². The van der Waals surface area contributed by atoms with Crippen molar-refractivity contribution in [1.82, 2.24) is 5.32 Å². The minimum atomic E-state index is -0.757. The van der Waals surface area contributed by atoms with Gasteiger partial charge in [-0.05, 0) is 19.8 Å². The molecular weight excluding hydrogens is 130 g/mol. The zero-order valence-corrected chi connectivity index (χ0v) is 6.13. The minimum absolute atomic E-state index is 0.384. The predicted molar refractivity (Wildman–Crippen MR) is 37.9 cm³/mol. The molecule has 1 aliphatic rings. The van der Waals surface area contributed by atoms with Gasteiger partial charge in [0.15, 0.2) is 0 Å². The van der Waals surface area contributed by atoms with Crippen LogP contribution in [0.2, 0.25) is 0 Å². The van der Waals surface area contributed by atoms with Crippen LogP contribution in [0.3, 0.4) is 0 Å². The summed E-state index contributed by atoms with van der Waals surface area (Å²) in [6.45, 7) is 1.68. The Kier molecular flexibility index (Phi) is 2.27. The molecule has 1 aliphatic carbocycles. The summed E-state index contributed by atoms with van der Waals surface area (Å²) in [5.41, 5.74) is 0. The summed E-state index contributed by atoms with van der Waals surface area (Å²) in [6.07, 6.45) is 3.51. The fraction of sp³-hybridized carbons (Fsp3) is 0.857. The highest BCUT2D eigenvalue weighted by atomic mass is 16.4. The van der Waals surface area contributed by atoms with Gasteiger partial charge in [0.25, 0.3) is 0 Å². The van der Waals surface area contributed by atoms with Crippen LogP contribution >= 0.6 is 0 Å². The molecule has 3 nitrogen and oxygen atoms in total. The van der Waals surface area contributed by atoms with Gasteiger partial charge < -0.3 is 10.4 Å². The van der Waals surface area contributed by atoms with E-state index in [4.69, 9.17) is 5.11 Å². The van der Waals surface area contributed by atoms with Gasteiger partial charge in [0.1, 0.15) is 6.04 Å². The maximum absolute atomic E-state index is 10.3. The lowest BCUT2D eigenvalue weighted by Gasteiger charge is -2.28. The predicted octanol–water partition coefficient (Wildman–Crippen LogP) is 0.602. The normalized spacial score (nSPS) is 21.7. The maximum Gasteiger partial charge on any atom is 0.320 e. The standard InChI is InChI=1S/C7H13NO2/c1-5(7(9)10)8-6-3-2-4-6/h5-6,8H,2-4H2,1H3,(H,9,10)/t5-/m0/s1. The van der Waals surface area contributed by atoms with Gasteiger partial charge in [-0.15, -0.1) is 0 Å². The monoisotopic (exact) mass is 143 g/mol. The third kappa shape index (κ3) is 1.70. The third-order valence-electron chi connectivity index (χ3n) is 1.96. The van der Waals surface area contributed by atoms with Crippen LogP contribution < -0.4 is 5.32 Å². The first-order chi connectivity index (χ1) is 4.70. The Bertz CT molecular complexity index is 132. The second-order valence-electron chi connectivity index (χ2n) is 2.85. The Hall–Kier alpha value is -0.570. The van der Waals surface area contributed by atoms with E-state index in [1.165, 1.54) is 6.42 Å². The van der Waals surface area contributed by atoms with Crippen LogP contribution in [-0.4, -0.2) is 23.2 Å². The molecular formula is C7H13NO2. The van der Waals surface area contributed by atoms with Gasteiger partial charge in [-0.2, -0.15) is 0 Å². The second kappa shape index (κ2) is 3.01. The zero-order valence-electron chi connectivity index (χ0n) is 6.13. The molecule has 1 rings (SSSR count). The molecule has 0 heterocycles. The third-order valence-corrected chi connectivity index (χ3v) is 1.96. The number of aliphatic carboxylic acids is 1. The SMILES string of the molecule is C[C@H](NC1CCC1)C(=O)O. The molecule has 58 valence electrons. The molecule has 0 aromatic heterocycles. The van der Waals surface area contributed by atoms with Crippen LogP contribution in [0.4, 0.5) is 0 Å². The van der Waals surface area contributed by atoms with Gasteiger partial charge >= 0.3 is 5.97 Å². The Morgan fingerprint density at radius 1 is 1.70 bits per heavy atom. The molecule has 1 saturated carbocycles. The lowest BCUT2D eigenvalue weighted by molar-refractivity contribution is -0.139. The molecule has 10 heavy (non-hydrogen) atoms. The van der Waals surface area contributed by atoms with Gasteiger partial charge in [-0.25, -0.2) is 0 Å². The lowest BCUT2D eigenvalue weighted by atomic mass is 9.92. The summed E-state index contributed by atoms with van der Waals surface area (Å²) in [5.74, 6) is -0.757. The van der Waals surface area contributed by atoms with E-state index in [2.05, 4.69) is 5.32 Å². The minimum Gasteiger partial charge on any atom is -0.480 e. The fourth-order valence-electron chi connectivity index (χ4n) is 1.000. The van der Waals surface area contributed by atoms with Crippen molar-refractivity contribution in [2.75, 3.05) is 0 Å². The zero-order chi connectivity index (χ0) is 7.56. The molecule has 0 unspecified atom stereocenters. The van der Waals surface area contributed by atoms with Crippen molar-refractivity contribution < 1.29 is 9.90 Å². The number of hydrogen-bond donors (Lipinski definition) is 2. The first-order valence-electron chi connectivity index (χ1n) is 3.69. The topological polar surface area (TPSA) is 49.3 Å². The number of carboxylic acids is 1. The molecule has 0 bridgehead atoms. The number of nitrogens with one attached hydrogen (secondary N) is 1. The van der Waals surface area contributed by atoms with E-state index in [-0.39, 0.29) is 6.04 Å². The molecule has 0 spiro atoms. The Morgan fingerprint density at radius 3 is 2.60 bits per heavy atom. The molecule has 0 saturated heterocycles. The molecule has 0 aliphatic heterocycles. The van der Waals surface area contributed by atoms with E-state index in [9.17, 15) is 4.79 Å². The molecule has 0 aromatic carbocycles. The van der Waals surface area contributed by atoms with E-state index < -0.39 is 5.97 Å². The number of hydrogen-bond acceptors (Lipinski definition) is 2. The van der Waals surface area contributed by atoms with Crippen molar-refractivity contribution in [3.63, 3.8) is 0 Å². The van der Waals surface area contributed by atoms with Crippen LogP contribution in [0.25, 0.3) is 0 Å². The second-order valence-corrected chi connectivity index (χ2v) is 2.85. The van der Waals surface area contributed by atoms with Crippen molar-refractivity contribution in [2.45, 2.75) is 38.3 Å².